The molecule has 0 heterocycles. The molecule has 3 N–H and O–H groups in total. The van der Waals surface area contributed by atoms with Gasteiger partial charge in [0.2, 0.25) is 0 Å². The highest BCUT2D eigenvalue weighted by atomic mass is 16.5. The van der Waals surface area contributed by atoms with E-state index in [0.717, 1.165) is 13.0 Å². The van der Waals surface area contributed by atoms with Crippen molar-refractivity contribution in [1.82, 2.24) is 0 Å². The molecule has 0 fully saturated rings. The van der Waals surface area contributed by atoms with Crippen molar-refractivity contribution < 1.29 is 9.94 Å². The van der Waals surface area contributed by atoms with E-state index >= 15 is 0 Å². The van der Waals surface area contributed by atoms with E-state index in [-0.39, 0.29) is 11.9 Å². The molecule has 0 aliphatic carbocycles. The lowest BCUT2D eigenvalue weighted by molar-refractivity contribution is 0.0377. The lowest BCUT2D eigenvalue weighted by Crippen LogP contribution is -2.23. The van der Waals surface area contributed by atoms with Gasteiger partial charge in [0.15, 0.2) is 0 Å². The van der Waals surface area contributed by atoms with Crippen LogP contribution in [-0.2, 0) is 4.74 Å². The Balaban J connectivity index is 3.76. The second-order valence-electron chi connectivity index (χ2n) is 3.55. The Morgan fingerprint density at radius 2 is 2.15 bits per heavy atom. The van der Waals surface area contributed by atoms with Gasteiger partial charge in [0.1, 0.15) is 5.84 Å². The predicted octanol–water partition coefficient (Wildman–Crippen LogP) is 1.57. The largest absolute Gasteiger partial charge is 0.409 e. The molecule has 0 spiro atoms. The summed E-state index contributed by atoms with van der Waals surface area (Å²) in [5.74, 6) is 0.747. The van der Waals surface area contributed by atoms with Gasteiger partial charge in [-0.2, -0.15) is 0 Å². The molecular formula is C9H20N2O2. The monoisotopic (exact) mass is 188 g/mol. The van der Waals surface area contributed by atoms with Crippen LogP contribution < -0.4 is 5.73 Å². The summed E-state index contributed by atoms with van der Waals surface area (Å²) in [5.41, 5.74) is 5.38. The van der Waals surface area contributed by atoms with E-state index in [1.165, 1.54) is 0 Å². The van der Waals surface area contributed by atoms with Gasteiger partial charge in [-0.1, -0.05) is 25.9 Å². The summed E-state index contributed by atoms with van der Waals surface area (Å²) in [4.78, 5) is 0. The van der Waals surface area contributed by atoms with Gasteiger partial charge in [-0.05, 0) is 12.3 Å². The van der Waals surface area contributed by atoms with Gasteiger partial charge in [0, 0.05) is 13.0 Å². The summed E-state index contributed by atoms with van der Waals surface area (Å²) in [5, 5.41) is 11.3. The molecule has 0 aromatic carbocycles. The van der Waals surface area contributed by atoms with Crippen LogP contribution in [0.25, 0.3) is 0 Å². The molecule has 4 heteroatoms. The molecule has 0 aliphatic rings. The molecule has 78 valence electrons. The van der Waals surface area contributed by atoms with Crippen molar-refractivity contribution in [2.24, 2.45) is 16.8 Å². The first-order chi connectivity index (χ1) is 6.10. The molecule has 1 unspecified atom stereocenters. The molecule has 1 atom stereocenters. The Morgan fingerprint density at radius 3 is 2.54 bits per heavy atom. The first-order valence-corrected chi connectivity index (χ1v) is 4.68. The fraction of sp³-hybridized carbons (Fsp3) is 0.889. The number of nitrogens with two attached hydrogens (primary N) is 1. The smallest absolute Gasteiger partial charge is 0.141 e. The third kappa shape index (κ3) is 6.40. The third-order valence-electron chi connectivity index (χ3n) is 1.69. The van der Waals surface area contributed by atoms with Gasteiger partial charge in [0.25, 0.3) is 0 Å². The Morgan fingerprint density at radius 1 is 1.54 bits per heavy atom. The van der Waals surface area contributed by atoms with Crippen LogP contribution in [0, 0.1) is 5.92 Å². The maximum absolute atomic E-state index is 8.36. The van der Waals surface area contributed by atoms with E-state index < -0.39 is 0 Å². The molecule has 4 nitrogen and oxygen atoms in total. The highest BCUT2D eigenvalue weighted by molar-refractivity contribution is 5.80. The van der Waals surface area contributed by atoms with E-state index in [1.807, 2.05) is 6.92 Å². The van der Waals surface area contributed by atoms with Crippen LogP contribution in [0.1, 0.15) is 33.6 Å². The van der Waals surface area contributed by atoms with Crippen LogP contribution in [0.15, 0.2) is 5.16 Å². The lowest BCUT2D eigenvalue weighted by atomic mass is 10.2. The van der Waals surface area contributed by atoms with Crippen molar-refractivity contribution in [3.63, 3.8) is 0 Å². The van der Waals surface area contributed by atoms with E-state index in [2.05, 4.69) is 19.0 Å². The zero-order valence-corrected chi connectivity index (χ0v) is 8.66. The maximum Gasteiger partial charge on any atom is 0.141 e. The van der Waals surface area contributed by atoms with Gasteiger partial charge < -0.3 is 15.7 Å². The predicted molar refractivity (Wildman–Crippen MR) is 52.9 cm³/mol. The molecule has 0 aromatic rings. The SMILES string of the molecule is CCC(C/C(N)=N/O)OCC(C)C. The second kappa shape index (κ2) is 6.71. The highest BCUT2D eigenvalue weighted by Crippen LogP contribution is 2.06. The van der Waals surface area contributed by atoms with Crippen LogP contribution in [0.3, 0.4) is 0 Å². The van der Waals surface area contributed by atoms with Crippen molar-refractivity contribution in [2.75, 3.05) is 6.61 Å². The molecule has 0 amide bonds. The number of hydrogen-bond donors (Lipinski definition) is 2. The summed E-state index contributed by atoms with van der Waals surface area (Å²) in [6.07, 6.45) is 1.45. The zero-order valence-electron chi connectivity index (χ0n) is 8.66. The Bertz CT molecular complexity index is 158. The Labute approximate surface area is 79.8 Å². The van der Waals surface area contributed by atoms with Gasteiger partial charge in [0.05, 0.1) is 6.10 Å². The molecule has 13 heavy (non-hydrogen) atoms. The molecule has 0 aromatic heterocycles. The Kier molecular flexibility index (Phi) is 6.32. The number of oxime groups is 1. The van der Waals surface area contributed by atoms with Crippen molar-refractivity contribution >= 4 is 5.84 Å². The van der Waals surface area contributed by atoms with E-state index in [4.69, 9.17) is 15.7 Å². The minimum atomic E-state index is 0.0679. The number of hydrogen-bond acceptors (Lipinski definition) is 3. The number of amidine groups is 1. The van der Waals surface area contributed by atoms with E-state index in [0.29, 0.717) is 12.3 Å². The van der Waals surface area contributed by atoms with Gasteiger partial charge in [-0.3, -0.25) is 0 Å². The molecule has 0 saturated carbocycles. The van der Waals surface area contributed by atoms with Crippen LogP contribution in [0.5, 0.6) is 0 Å². The number of rotatable bonds is 6. The van der Waals surface area contributed by atoms with Gasteiger partial charge >= 0.3 is 0 Å². The van der Waals surface area contributed by atoms with Crippen LogP contribution in [-0.4, -0.2) is 23.8 Å². The summed E-state index contributed by atoms with van der Waals surface area (Å²) in [7, 11) is 0. The fourth-order valence-electron chi connectivity index (χ4n) is 0.924. The molecule has 0 bridgehead atoms. The van der Waals surface area contributed by atoms with Crippen molar-refractivity contribution in [1.29, 1.82) is 0 Å². The molecule has 0 radical (unpaired) electrons. The summed E-state index contributed by atoms with van der Waals surface area (Å²) in [6, 6.07) is 0. The molecule has 0 rings (SSSR count). The standard InChI is InChI=1S/C9H20N2O2/c1-4-8(5-9(10)11-12)13-6-7(2)3/h7-8,12H,4-6H2,1-3H3,(H2,10,11). The highest BCUT2D eigenvalue weighted by Gasteiger charge is 2.09. The topological polar surface area (TPSA) is 67.8 Å². The van der Waals surface area contributed by atoms with Crippen molar-refractivity contribution in [2.45, 2.75) is 39.7 Å². The number of nitrogens with zero attached hydrogens (tertiary/aromatic N) is 1. The second-order valence-corrected chi connectivity index (χ2v) is 3.55. The maximum atomic E-state index is 8.36. The van der Waals surface area contributed by atoms with E-state index in [9.17, 15) is 0 Å². The van der Waals surface area contributed by atoms with Crippen LogP contribution >= 0.6 is 0 Å². The van der Waals surface area contributed by atoms with Gasteiger partial charge in [-0.15, -0.1) is 0 Å². The molecular weight excluding hydrogens is 168 g/mol. The first kappa shape index (κ1) is 12.2. The summed E-state index contributed by atoms with van der Waals surface area (Å²) < 4.78 is 5.55. The molecule has 0 aliphatic heterocycles. The zero-order chi connectivity index (χ0) is 10.3. The average Bonchev–Trinajstić information content (AvgIpc) is 2.11. The fourth-order valence-corrected chi connectivity index (χ4v) is 0.924. The normalized spacial score (nSPS) is 14.9. The van der Waals surface area contributed by atoms with Crippen molar-refractivity contribution in [3.05, 3.63) is 0 Å². The minimum absolute atomic E-state index is 0.0679. The average molecular weight is 188 g/mol. The van der Waals surface area contributed by atoms with Crippen LogP contribution in [0.2, 0.25) is 0 Å². The Hall–Kier alpha value is -0.770. The molecule has 0 saturated heterocycles. The van der Waals surface area contributed by atoms with Gasteiger partial charge in [-0.25, -0.2) is 0 Å². The van der Waals surface area contributed by atoms with E-state index in [1.54, 1.807) is 0 Å². The third-order valence-corrected chi connectivity index (χ3v) is 1.69. The summed E-state index contributed by atoms with van der Waals surface area (Å²) >= 11 is 0. The number of ether oxygens (including phenoxy) is 1. The first-order valence-electron chi connectivity index (χ1n) is 4.68. The lowest BCUT2D eigenvalue weighted by Gasteiger charge is -2.16. The van der Waals surface area contributed by atoms with Crippen molar-refractivity contribution in [3.8, 4) is 0 Å². The van der Waals surface area contributed by atoms with Crippen LogP contribution in [0.4, 0.5) is 0 Å². The quantitative estimate of drug-likeness (QED) is 0.288. The summed E-state index contributed by atoms with van der Waals surface area (Å²) in [6.45, 7) is 6.93. The minimum Gasteiger partial charge on any atom is -0.409 e.